The fourth-order valence-electron chi connectivity index (χ4n) is 3.49. The average molecular weight is 339 g/mol. The van der Waals surface area contributed by atoms with Gasteiger partial charge in [0.2, 0.25) is 0 Å². The predicted octanol–water partition coefficient (Wildman–Crippen LogP) is 3.92. The van der Waals surface area contributed by atoms with Crippen molar-refractivity contribution in [1.29, 1.82) is 0 Å². The quantitative estimate of drug-likeness (QED) is 0.866. The maximum atomic E-state index is 10.4. The number of rotatable bonds is 6. The third-order valence-corrected chi connectivity index (χ3v) is 4.90. The minimum atomic E-state index is -0.481. The first kappa shape index (κ1) is 18.0. The molecular formula is C22H29NO2. The molecule has 3 nitrogen and oxygen atoms in total. The largest absolute Gasteiger partial charge is 0.491 e. The summed E-state index contributed by atoms with van der Waals surface area (Å²) in [5.41, 5.74) is 5.19. The highest BCUT2D eigenvalue weighted by Gasteiger charge is 2.19. The molecule has 3 rings (SSSR count). The molecule has 0 radical (unpaired) electrons. The number of fused-ring (bicyclic) bond motifs is 1. The highest BCUT2D eigenvalue weighted by molar-refractivity contribution is 5.39. The number of benzene rings is 2. The Balaban J connectivity index is 1.56. The summed E-state index contributed by atoms with van der Waals surface area (Å²) in [5.74, 6) is 1.31. The number of ether oxygens (including phenoxy) is 1. The Morgan fingerprint density at radius 1 is 1.12 bits per heavy atom. The van der Waals surface area contributed by atoms with Crippen LogP contribution in [0.1, 0.15) is 42.0 Å². The van der Waals surface area contributed by atoms with Crippen molar-refractivity contribution in [3.05, 3.63) is 64.7 Å². The molecule has 1 N–H and O–H groups in total. The molecule has 0 amide bonds. The molecule has 0 aliphatic carbocycles. The van der Waals surface area contributed by atoms with Gasteiger partial charge in [-0.15, -0.1) is 0 Å². The highest BCUT2D eigenvalue weighted by atomic mass is 16.5. The maximum absolute atomic E-state index is 10.4. The Morgan fingerprint density at radius 2 is 1.88 bits per heavy atom. The van der Waals surface area contributed by atoms with Gasteiger partial charge in [0, 0.05) is 19.6 Å². The topological polar surface area (TPSA) is 32.7 Å². The summed E-state index contributed by atoms with van der Waals surface area (Å²) >= 11 is 0. The van der Waals surface area contributed by atoms with Gasteiger partial charge in [-0.25, -0.2) is 0 Å². The Bertz CT molecular complexity index is 711. The zero-order chi connectivity index (χ0) is 17.8. The number of aliphatic hydroxyl groups is 1. The fraction of sp³-hybridized carbons (Fsp3) is 0.455. The van der Waals surface area contributed by atoms with Crippen molar-refractivity contribution in [3.8, 4) is 5.75 Å². The molecular weight excluding hydrogens is 310 g/mol. The van der Waals surface area contributed by atoms with E-state index in [4.69, 9.17) is 4.74 Å². The van der Waals surface area contributed by atoms with Gasteiger partial charge >= 0.3 is 0 Å². The number of β-amino-alcohol motifs (C(OH)–C–C–N with tert-alkyl or cyclic N) is 1. The summed E-state index contributed by atoms with van der Waals surface area (Å²) in [7, 11) is 0. The normalized spacial score (nSPS) is 15.9. The third kappa shape index (κ3) is 4.62. The number of aliphatic hydroxyl groups excluding tert-OH is 1. The zero-order valence-corrected chi connectivity index (χ0v) is 15.5. The first-order valence-electron chi connectivity index (χ1n) is 9.23. The fourth-order valence-corrected chi connectivity index (χ4v) is 3.49. The van der Waals surface area contributed by atoms with Crippen molar-refractivity contribution in [3.63, 3.8) is 0 Å². The molecule has 0 aromatic heterocycles. The number of aryl methyl sites for hydroxylation is 1. The Hall–Kier alpha value is -1.84. The lowest BCUT2D eigenvalue weighted by Crippen LogP contribution is -2.38. The molecule has 2 aromatic carbocycles. The van der Waals surface area contributed by atoms with Crippen LogP contribution >= 0.6 is 0 Å². The molecule has 3 heteroatoms. The summed E-state index contributed by atoms with van der Waals surface area (Å²) in [5, 5.41) is 10.4. The van der Waals surface area contributed by atoms with Crippen LogP contribution in [0.2, 0.25) is 0 Å². The second kappa shape index (κ2) is 8.03. The average Bonchev–Trinajstić information content (AvgIpc) is 2.59. The van der Waals surface area contributed by atoms with E-state index in [0.717, 1.165) is 25.3 Å². The zero-order valence-electron chi connectivity index (χ0n) is 15.5. The van der Waals surface area contributed by atoms with Crippen molar-refractivity contribution in [2.24, 2.45) is 0 Å². The molecule has 25 heavy (non-hydrogen) atoms. The molecule has 0 saturated heterocycles. The monoisotopic (exact) mass is 339 g/mol. The van der Waals surface area contributed by atoms with Gasteiger partial charge in [-0.1, -0.05) is 50.2 Å². The van der Waals surface area contributed by atoms with Crippen molar-refractivity contribution < 1.29 is 9.84 Å². The van der Waals surface area contributed by atoms with Crippen LogP contribution in [-0.4, -0.2) is 35.8 Å². The molecule has 0 bridgehead atoms. The molecule has 134 valence electrons. The minimum Gasteiger partial charge on any atom is -0.491 e. The number of hydrogen-bond donors (Lipinski definition) is 1. The van der Waals surface area contributed by atoms with Crippen LogP contribution in [0.5, 0.6) is 5.75 Å². The standard InChI is InChI=1S/C22H29NO2/c1-16(2)21-9-8-17(3)12-22(21)25-15-20(24)14-23-11-10-18-6-4-5-7-19(18)13-23/h4-9,12,16,20,24H,10-11,13-15H2,1-3H3/t20-/m1/s1. The lowest BCUT2D eigenvalue weighted by Gasteiger charge is -2.30. The predicted molar refractivity (Wildman–Crippen MR) is 102 cm³/mol. The van der Waals surface area contributed by atoms with E-state index in [1.807, 2.05) is 0 Å². The van der Waals surface area contributed by atoms with Gasteiger partial charge in [0.1, 0.15) is 18.5 Å². The van der Waals surface area contributed by atoms with E-state index in [-0.39, 0.29) is 0 Å². The second-order valence-electron chi connectivity index (χ2n) is 7.41. The Morgan fingerprint density at radius 3 is 2.64 bits per heavy atom. The number of hydrogen-bond acceptors (Lipinski definition) is 3. The summed E-state index contributed by atoms with van der Waals surface area (Å²) in [4.78, 5) is 2.32. The molecule has 0 spiro atoms. The van der Waals surface area contributed by atoms with E-state index in [2.05, 4.69) is 68.1 Å². The van der Waals surface area contributed by atoms with Crippen LogP contribution in [0.25, 0.3) is 0 Å². The van der Waals surface area contributed by atoms with Crippen LogP contribution in [-0.2, 0) is 13.0 Å². The van der Waals surface area contributed by atoms with Crippen LogP contribution in [0, 0.1) is 6.92 Å². The molecule has 1 aliphatic heterocycles. The Labute approximate surface area is 151 Å². The molecule has 0 unspecified atom stereocenters. The van der Waals surface area contributed by atoms with Gasteiger partial charge in [0.05, 0.1) is 0 Å². The summed E-state index contributed by atoms with van der Waals surface area (Å²) in [6, 6.07) is 14.9. The van der Waals surface area contributed by atoms with Crippen LogP contribution in [0.15, 0.2) is 42.5 Å². The highest BCUT2D eigenvalue weighted by Crippen LogP contribution is 2.27. The molecule has 1 heterocycles. The van der Waals surface area contributed by atoms with Crippen molar-refractivity contribution in [1.82, 2.24) is 4.90 Å². The van der Waals surface area contributed by atoms with Crippen molar-refractivity contribution in [2.75, 3.05) is 19.7 Å². The molecule has 1 atom stereocenters. The second-order valence-corrected chi connectivity index (χ2v) is 7.41. The van der Waals surface area contributed by atoms with Gasteiger partial charge in [-0.2, -0.15) is 0 Å². The van der Waals surface area contributed by atoms with Gasteiger partial charge in [-0.3, -0.25) is 4.90 Å². The summed E-state index contributed by atoms with van der Waals surface area (Å²) in [6.07, 6.45) is 0.574. The van der Waals surface area contributed by atoms with Crippen molar-refractivity contribution in [2.45, 2.75) is 45.8 Å². The first-order chi connectivity index (χ1) is 12.0. The van der Waals surface area contributed by atoms with Crippen LogP contribution in [0.4, 0.5) is 0 Å². The van der Waals surface area contributed by atoms with E-state index in [1.54, 1.807) is 0 Å². The van der Waals surface area contributed by atoms with Crippen LogP contribution in [0.3, 0.4) is 0 Å². The van der Waals surface area contributed by atoms with Gasteiger partial charge in [0.25, 0.3) is 0 Å². The lowest BCUT2D eigenvalue weighted by atomic mass is 10.00. The van der Waals surface area contributed by atoms with E-state index in [9.17, 15) is 5.11 Å². The first-order valence-corrected chi connectivity index (χ1v) is 9.23. The smallest absolute Gasteiger partial charge is 0.123 e. The minimum absolute atomic E-state index is 0.335. The molecule has 0 saturated carbocycles. The molecule has 2 aromatic rings. The summed E-state index contributed by atoms with van der Waals surface area (Å²) < 4.78 is 5.98. The van der Waals surface area contributed by atoms with Crippen LogP contribution < -0.4 is 4.74 Å². The van der Waals surface area contributed by atoms with E-state index < -0.39 is 6.10 Å². The number of nitrogens with zero attached hydrogens (tertiary/aromatic N) is 1. The lowest BCUT2D eigenvalue weighted by molar-refractivity contribution is 0.0633. The molecule has 1 aliphatic rings. The van der Waals surface area contributed by atoms with Gasteiger partial charge < -0.3 is 9.84 Å². The van der Waals surface area contributed by atoms with E-state index >= 15 is 0 Å². The maximum Gasteiger partial charge on any atom is 0.123 e. The Kier molecular flexibility index (Phi) is 5.77. The van der Waals surface area contributed by atoms with Crippen molar-refractivity contribution >= 4 is 0 Å². The summed E-state index contributed by atoms with van der Waals surface area (Å²) in [6.45, 7) is 9.29. The van der Waals surface area contributed by atoms with E-state index in [1.165, 1.54) is 22.3 Å². The SMILES string of the molecule is Cc1ccc(C(C)C)c(OC[C@H](O)CN2CCc3ccccc3C2)c1. The van der Waals surface area contributed by atoms with E-state index in [0.29, 0.717) is 19.1 Å². The third-order valence-electron chi connectivity index (χ3n) is 4.90. The molecule has 0 fully saturated rings. The van der Waals surface area contributed by atoms with Gasteiger partial charge in [0.15, 0.2) is 0 Å². The van der Waals surface area contributed by atoms with Gasteiger partial charge in [-0.05, 0) is 47.6 Å².